The monoisotopic (exact) mass is 393 g/mol. The molecule has 0 saturated carbocycles. The van der Waals surface area contributed by atoms with Gasteiger partial charge in [0, 0.05) is 31.2 Å². The van der Waals surface area contributed by atoms with Crippen molar-refractivity contribution in [1.29, 1.82) is 0 Å². The van der Waals surface area contributed by atoms with Gasteiger partial charge in [0.05, 0.1) is 4.90 Å². The molecule has 1 aromatic rings. The highest BCUT2D eigenvalue weighted by Crippen LogP contribution is 2.34. The van der Waals surface area contributed by atoms with Gasteiger partial charge in [0.15, 0.2) is 0 Å². The van der Waals surface area contributed by atoms with E-state index in [-0.39, 0.29) is 16.8 Å². The Labute approximate surface area is 163 Å². The molecule has 0 radical (unpaired) electrons. The van der Waals surface area contributed by atoms with Gasteiger partial charge in [0.1, 0.15) is 0 Å². The fraction of sp³-hybridized carbons (Fsp3) is 0.650. The van der Waals surface area contributed by atoms with Crippen LogP contribution < -0.4 is 9.62 Å². The highest BCUT2D eigenvalue weighted by atomic mass is 32.2. The zero-order valence-electron chi connectivity index (χ0n) is 16.6. The normalized spacial score (nSPS) is 21.4. The summed E-state index contributed by atoms with van der Waals surface area (Å²) < 4.78 is 28.1. The van der Waals surface area contributed by atoms with Crippen molar-refractivity contribution in [2.75, 3.05) is 31.1 Å². The molecule has 0 spiro atoms. The van der Waals surface area contributed by atoms with E-state index in [1.165, 1.54) is 12.8 Å². The van der Waals surface area contributed by atoms with Crippen LogP contribution in [0.15, 0.2) is 23.1 Å². The second kappa shape index (κ2) is 8.29. The number of nitrogens with zero attached hydrogens (tertiary/aromatic N) is 2. The third-order valence-corrected chi connectivity index (χ3v) is 7.20. The maximum atomic E-state index is 12.7. The molecule has 2 aliphatic heterocycles. The molecule has 2 heterocycles. The van der Waals surface area contributed by atoms with Crippen LogP contribution in [0.2, 0.25) is 0 Å². The summed E-state index contributed by atoms with van der Waals surface area (Å²) in [5.74, 6) is 0.844. The van der Waals surface area contributed by atoms with Crippen molar-refractivity contribution in [3.8, 4) is 0 Å². The van der Waals surface area contributed by atoms with Gasteiger partial charge in [0.2, 0.25) is 15.9 Å². The van der Waals surface area contributed by atoms with E-state index in [4.69, 9.17) is 0 Å². The Bertz CT molecular complexity index is 786. The molecule has 7 heteroatoms. The third-order valence-electron chi connectivity index (χ3n) is 5.74. The number of rotatable bonds is 6. The Morgan fingerprint density at radius 1 is 1.22 bits per heavy atom. The lowest BCUT2D eigenvalue weighted by molar-refractivity contribution is -0.118. The number of sulfonamides is 1. The van der Waals surface area contributed by atoms with E-state index in [1.807, 2.05) is 13.8 Å². The van der Waals surface area contributed by atoms with Crippen LogP contribution in [0.3, 0.4) is 0 Å². The van der Waals surface area contributed by atoms with Gasteiger partial charge in [-0.05, 0) is 69.0 Å². The Hall–Kier alpha value is -1.44. The number of benzene rings is 1. The molecule has 1 aromatic carbocycles. The number of hydrogen-bond donors (Lipinski definition) is 1. The number of amides is 1. The Morgan fingerprint density at radius 3 is 2.59 bits per heavy atom. The molecule has 1 saturated heterocycles. The third kappa shape index (κ3) is 4.52. The highest BCUT2D eigenvalue weighted by molar-refractivity contribution is 7.89. The SMILES string of the molecule is CCC(=O)N1c2ccc(S(=O)(=O)NCCN3CCC(C)CC3)cc2CC1C. The van der Waals surface area contributed by atoms with Gasteiger partial charge >= 0.3 is 0 Å². The van der Waals surface area contributed by atoms with Crippen molar-refractivity contribution in [1.82, 2.24) is 9.62 Å². The maximum absolute atomic E-state index is 12.7. The number of nitrogens with one attached hydrogen (secondary N) is 1. The second-order valence-corrected chi connectivity index (χ2v) is 9.65. The molecule has 2 aliphatic rings. The van der Waals surface area contributed by atoms with E-state index >= 15 is 0 Å². The number of carbonyl (C=O) groups is 1. The fourth-order valence-electron chi connectivity index (χ4n) is 4.03. The molecule has 0 aromatic heterocycles. The molecule has 3 rings (SSSR count). The van der Waals surface area contributed by atoms with Gasteiger partial charge in [-0.25, -0.2) is 13.1 Å². The lowest BCUT2D eigenvalue weighted by atomic mass is 9.99. The molecule has 0 bridgehead atoms. The summed E-state index contributed by atoms with van der Waals surface area (Å²) in [7, 11) is -3.53. The maximum Gasteiger partial charge on any atom is 0.240 e. The average Bonchev–Trinajstić information content (AvgIpc) is 2.97. The van der Waals surface area contributed by atoms with Gasteiger partial charge in [-0.3, -0.25) is 4.79 Å². The summed E-state index contributed by atoms with van der Waals surface area (Å²) in [4.78, 5) is 16.6. The average molecular weight is 394 g/mol. The molecule has 27 heavy (non-hydrogen) atoms. The number of fused-ring (bicyclic) bond motifs is 1. The predicted molar refractivity (Wildman–Crippen MR) is 107 cm³/mol. The van der Waals surface area contributed by atoms with Crippen LogP contribution in [0, 0.1) is 5.92 Å². The molecule has 1 atom stereocenters. The van der Waals surface area contributed by atoms with Crippen molar-refractivity contribution in [3.63, 3.8) is 0 Å². The Morgan fingerprint density at radius 2 is 1.93 bits per heavy atom. The topological polar surface area (TPSA) is 69.7 Å². The molecule has 150 valence electrons. The first-order valence-corrected chi connectivity index (χ1v) is 11.5. The zero-order chi connectivity index (χ0) is 19.6. The van der Waals surface area contributed by atoms with E-state index in [9.17, 15) is 13.2 Å². The van der Waals surface area contributed by atoms with E-state index in [1.54, 1.807) is 23.1 Å². The van der Waals surface area contributed by atoms with Crippen molar-refractivity contribution < 1.29 is 13.2 Å². The summed E-state index contributed by atoms with van der Waals surface area (Å²) >= 11 is 0. The number of likely N-dealkylation sites (tertiary alicyclic amines) is 1. The van der Waals surface area contributed by atoms with Crippen LogP contribution in [0.1, 0.15) is 45.6 Å². The number of hydrogen-bond acceptors (Lipinski definition) is 4. The molecule has 6 nitrogen and oxygen atoms in total. The largest absolute Gasteiger partial charge is 0.309 e. The lowest BCUT2D eigenvalue weighted by Crippen LogP contribution is -2.39. The number of carbonyl (C=O) groups excluding carboxylic acids is 1. The summed E-state index contributed by atoms with van der Waals surface area (Å²) in [5.41, 5.74) is 1.77. The molecule has 1 N–H and O–H groups in total. The van der Waals surface area contributed by atoms with Crippen LogP contribution in [0.25, 0.3) is 0 Å². The van der Waals surface area contributed by atoms with Gasteiger partial charge in [-0.2, -0.15) is 0 Å². The number of piperidine rings is 1. The second-order valence-electron chi connectivity index (χ2n) is 7.88. The first-order chi connectivity index (χ1) is 12.8. The van der Waals surface area contributed by atoms with Gasteiger partial charge in [0.25, 0.3) is 0 Å². The molecule has 1 amide bonds. The van der Waals surface area contributed by atoms with E-state index in [0.717, 1.165) is 36.8 Å². The zero-order valence-corrected chi connectivity index (χ0v) is 17.4. The predicted octanol–water partition coefficient (Wildman–Crippen LogP) is 2.38. The van der Waals surface area contributed by atoms with Gasteiger partial charge < -0.3 is 9.80 Å². The minimum Gasteiger partial charge on any atom is -0.309 e. The first-order valence-electron chi connectivity index (χ1n) is 9.99. The fourth-order valence-corrected chi connectivity index (χ4v) is 5.10. The quantitative estimate of drug-likeness (QED) is 0.806. The molecule has 1 fully saturated rings. The Balaban J connectivity index is 1.64. The smallest absolute Gasteiger partial charge is 0.240 e. The van der Waals surface area contributed by atoms with Crippen molar-refractivity contribution in [2.45, 2.75) is 57.4 Å². The summed E-state index contributed by atoms with van der Waals surface area (Å²) in [5, 5.41) is 0. The molecule has 0 aliphatic carbocycles. The van der Waals surface area contributed by atoms with Crippen LogP contribution in [0.5, 0.6) is 0 Å². The van der Waals surface area contributed by atoms with Gasteiger partial charge in [-0.15, -0.1) is 0 Å². The summed E-state index contributed by atoms with van der Waals surface area (Å²) in [6, 6.07) is 5.17. The van der Waals surface area contributed by atoms with Crippen LogP contribution in [-0.4, -0.2) is 51.4 Å². The Kier molecular flexibility index (Phi) is 6.23. The van der Waals surface area contributed by atoms with Crippen LogP contribution in [0.4, 0.5) is 5.69 Å². The highest BCUT2D eigenvalue weighted by Gasteiger charge is 2.31. The van der Waals surface area contributed by atoms with Gasteiger partial charge in [-0.1, -0.05) is 13.8 Å². The summed E-state index contributed by atoms with van der Waals surface area (Å²) in [6.07, 6.45) is 3.50. The van der Waals surface area contributed by atoms with E-state index in [0.29, 0.717) is 19.4 Å². The molecular formula is C20H31N3O3S. The molecule has 1 unspecified atom stereocenters. The standard InChI is InChI=1S/C20H31N3O3S/c1-4-20(24)23-16(3)13-17-14-18(5-6-19(17)23)27(25,26)21-9-12-22-10-7-15(2)8-11-22/h5-6,14-16,21H,4,7-13H2,1-3H3. The summed E-state index contributed by atoms with van der Waals surface area (Å²) in [6.45, 7) is 9.36. The van der Waals surface area contributed by atoms with Crippen LogP contribution in [-0.2, 0) is 21.2 Å². The van der Waals surface area contributed by atoms with Crippen LogP contribution >= 0.6 is 0 Å². The number of anilines is 1. The van der Waals surface area contributed by atoms with Crippen molar-refractivity contribution in [2.24, 2.45) is 5.92 Å². The van der Waals surface area contributed by atoms with E-state index < -0.39 is 10.0 Å². The van der Waals surface area contributed by atoms with Crippen molar-refractivity contribution >= 4 is 21.6 Å². The molecular weight excluding hydrogens is 362 g/mol. The lowest BCUT2D eigenvalue weighted by Gasteiger charge is -2.30. The minimum atomic E-state index is -3.53. The first kappa shape index (κ1) is 20.3. The van der Waals surface area contributed by atoms with Crippen molar-refractivity contribution in [3.05, 3.63) is 23.8 Å². The minimum absolute atomic E-state index is 0.0693. The van der Waals surface area contributed by atoms with E-state index in [2.05, 4.69) is 16.5 Å².